The molecule has 0 saturated carbocycles. The number of piperazine rings is 1. The topological polar surface area (TPSA) is 51.7 Å². The maximum Gasteiger partial charge on any atom is 0.417 e. The molecule has 1 amide bonds. The van der Waals surface area contributed by atoms with Crippen LogP contribution in [0.25, 0.3) is 0 Å². The van der Waals surface area contributed by atoms with E-state index >= 15 is 0 Å². The Morgan fingerprint density at radius 1 is 0.971 bits per heavy atom. The van der Waals surface area contributed by atoms with E-state index in [9.17, 15) is 18.0 Å². The summed E-state index contributed by atoms with van der Waals surface area (Å²) in [6.07, 6.45) is -1.56. The van der Waals surface area contributed by atoms with Crippen LogP contribution in [-0.2, 0) is 11.0 Å². The van der Waals surface area contributed by atoms with Crippen LogP contribution < -0.4 is 15.1 Å². The quantitative estimate of drug-likeness (QED) is 0.655. The zero-order chi connectivity index (χ0) is 24.1. The Morgan fingerprint density at radius 2 is 1.65 bits per heavy atom. The third-order valence-corrected chi connectivity index (χ3v) is 6.73. The summed E-state index contributed by atoms with van der Waals surface area (Å²) in [5, 5.41) is 3.85. The maximum absolute atomic E-state index is 12.7. The van der Waals surface area contributed by atoms with Crippen molar-refractivity contribution < 1.29 is 18.0 Å². The van der Waals surface area contributed by atoms with Crippen LogP contribution in [0.1, 0.15) is 24.8 Å². The molecule has 184 valence electrons. The van der Waals surface area contributed by atoms with E-state index in [4.69, 9.17) is 11.6 Å². The van der Waals surface area contributed by atoms with Gasteiger partial charge in [0.1, 0.15) is 5.82 Å². The third kappa shape index (κ3) is 6.54. The Kier molecular flexibility index (Phi) is 7.83. The third-order valence-electron chi connectivity index (χ3n) is 6.48. The standard InChI is InChI=1S/C24H29ClF3N5O/c25-19-2-4-21(5-3-19)32-15-13-31(14-16-32)10-9-23(34)30-20-7-11-33(12-8-20)22-6-1-18(17-29-22)24(26,27)28/h1-6,17,20H,7-16H2,(H,30,34). The van der Waals surface area contributed by atoms with Gasteiger partial charge in [0.05, 0.1) is 5.56 Å². The lowest BCUT2D eigenvalue weighted by molar-refractivity contribution is -0.137. The number of halogens is 4. The largest absolute Gasteiger partial charge is 0.417 e. The number of piperidine rings is 1. The number of hydrogen-bond donors (Lipinski definition) is 1. The summed E-state index contributed by atoms with van der Waals surface area (Å²) in [7, 11) is 0. The van der Waals surface area contributed by atoms with Gasteiger partial charge in [0.25, 0.3) is 0 Å². The molecule has 0 unspecified atom stereocenters. The van der Waals surface area contributed by atoms with Gasteiger partial charge in [0.2, 0.25) is 5.91 Å². The van der Waals surface area contributed by atoms with Crippen LogP contribution in [0.5, 0.6) is 0 Å². The molecule has 0 radical (unpaired) electrons. The zero-order valence-electron chi connectivity index (χ0n) is 18.9. The van der Waals surface area contributed by atoms with Crippen molar-refractivity contribution in [3.63, 3.8) is 0 Å². The van der Waals surface area contributed by atoms with Gasteiger partial charge in [-0.2, -0.15) is 13.2 Å². The molecule has 6 nitrogen and oxygen atoms in total. The van der Waals surface area contributed by atoms with Crippen molar-refractivity contribution in [2.24, 2.45) is 0 Å². The molecule has 3 heterocycles. The first-order valence-corrected chi connectivity index (χ1v) is 12.0. The minimum atomic E-state index is -4.38. The molecule has 1 aromatic heterocycles. The number of benzene rings is 1. The summed E-state index contributed by atoms with van der Waals surface area (Å²) in [6.45, 7) is 5.68. The molecule has 2 aliphatic heterocycles. The minimum Gasteiger partial charge on any atom is -0.369 e. The predicted molar refractivity (Wildman–Crippen MR) is 127 cm³/mol. The lowest BCUT2D eigenvalue weighted by Gasteiger charge is -2.36. The fourth-order valence-corrected chi connectivity index (χ4v) is 4.56. The molecular formula is C24H29ClF3N5O. The number of pyridine rings is 1. The Labute approximate surface area is 202 Å². The second-order valence-electron chi connectivity index (χ2n) is 8.79. The highest BCUT2D eigenvalue weighted by atomic mass is 35.5. The fraction of sp³-hybridized carbons (Fsp3) is 0.500. The number of anilines is 2. The summed E-state index contributed by atoms with van der Waals surface area (Å²) in [5.74, 6) is 0.585. The van der Waals surface area contributed by atoms with Crippen LogP contribution in [0.2, 0.25) is 5.02 Å². The van der Waals surface area contributed by atoms with E-state index in [1.807, 2.05) is 29.2 Å². The van der Waals surface area contributed by atoms with Crippen LogP contribution >= 0.6 is 11.6 Å². The van der Waals surface area contributed by atoms with Crippen LogP contribution in [0, 0.1) is 0 Å². The number of alkyl halides is 3. The molecule has 10 heteroatoms. The summed E-state index contributed by atoms with van der Waals surface area (Å²) in [5.41, 5.74) is 0.421. The van der Waals surface area contributed by atoms with Gasteiger partial charge >= 0.3 is 6.18 Å². The highest BCUT2D eigenvalue weighted by molar-refractivity contribution is 6.30. The zero-order valence-corrected chi connectivity index (χ0v) is 19.7. The predicted octanol–water partition coefficient (Wildman–Crippen LogP) is 4.05. The molecule has 0 bridgehead atoms. The van der Waals surface area contributed by atoms with Crippen LogP contribution in [-0.4, -0.2) is 67.6 Å². The monoisotopic (exact) mass is 495 g/mol. The van der Waals surface area contributed by atoms with Gasteiger partial charge in [-0.25, -0.2) is 4.98 Å². The Balaban J connectivity index is 1.14. The fourth-order valence-electron chi connectivity index (χ4n) is 4.43. The number of amides is 1. The summed E-state index contributed by atoms with van der Waals surface area (Å²) in [4.78, 5) is 23.0. The first kappa shape index (κ1) is 24.6. The summed E-state index contributed by atoms with van der Waals surface area (Å²) in [6, 6.07) is 10.4. The molecular weight excluding hydrogens is 467 g/mol. The number of hydrogen-bond acceptors (Lipinski definition) is 5. The molecule has 2 saturated heterocycles. The van der Waals surface area contributed by atoms with E-state index in [1.165, 1.54) is 11.8 Å². The number of nitrogens with zero attached hydrogens (tertiary/aromatic N) is 4. The van der Waals surface area contributed by atoms with Crippen molar-refractivity contribution in [1.82, 2.24) is 15.2 Å². The lowest BCUT2D eigenvalue weighted by atomic mass is 10.0. The van der Waals surface area contributed by atoms with Gasteiger partial charge < -0.3 is 15.1 Å². The van der Waals surface area contributed by atoms with Crippen LogP contribution in [0.4, 0.5) is 24.7 Å². The van der Waals surface area contributed by atoms with Crippen molar-refractivity contribution in [3.8, 4) is 0 Å². The Morgan fingerprint density at radius 3 is 2.24 bits per heavy atom. The number of aromatic nitrogens is 1. The van der Waals surface area contributed by atoms with Crippen molar-refractivity contribution in [2.45, 2.75) is 31.5 Å². The number of nitrogens with one attached hydrogen (secondary N) is 1. The van der Waals surface area contributed by atoms with Crippen LogP contribution in [0.3, 0.4) is 0 Å². The normalized spacial score (nSPS) is 18.2. The number of carbonyl (C=O) groups is 1. The molecule has 1 aromatic carbocycles. The average Bonchev–Trinajstić information content (AvgIpc) is 2.84. The number of rotatable bonds is 6. The highest BCUT2D eigenvalue weighted by Crippen LogP contribution is 2.29. The van der Waals surface area contributed by atoms with Crippen molar-refractivity contribution in [1.29, 1.82) is 0 Å². The first-order chi connectivity index (χ1) is 16.3. The smallest absolute Gasteiger partial charge is 0.369 e. The molecule has 0 aliphatic carbocycles. The van der Waals surface area contributed by atoms with Gasteiger partial charge in [-0.3, -0.25) is 9.69 Å². The summed E-state index contributed by atoms with van der Waals surface area (Å²) >= 11 is 5.96. The Hall–Kier alpha value is -2.52. The molecule has 1 N–H and O–H groups in total. The average molecular weight is 496 g/mol. The van der Waals surface area contributed by atoms with Crippen molar-refractivity contribution in [3.05, 3.63) is 53.2 Å². The molecule has 34 heavy (non-hydrogen) atoms. The van der Waals surface area contributed by atoms with Crippen molar-refractivity contribution in [2.75, 3.05) is 55.6 Å². The Bertz CT molecular complexity index is 939. The molecule has 2 aliphatic rings. The van der Waals surface area contributed by atoms with Gasteiger partial charge in [-0.05, 0) is 49.2 Å². The first-order valence-electron chi connectivity index (χ1n) is 11.6. The molecule has 0 atom stereocenters. The van der Waals surface area contributed by atoms with Gasteiger partial charge in [0, 0.05) is 75.2 Å². The van der Waals surface area contributed by atoms with Crippen molar-refractivity contribution >= 4 is 29.0 Å². The second kappa shape index (κ2) is 10.8. The van der Waals surface area contributed by atoms with E-state index in [2.05, 4.69) is 20.1 Å². The summed E-state index contributed by atoms with van der Waals surface area (Å²) < 4.78 is 38.1. The van der Waals surface area contributed by atoms with E-state index in [1.54, 1.807) is 0 Å². The minimum absolute atomic E-state index is 0.0474. The number of carbonyl (C=O) groups excluding carboxylic acids is 1. The maximum atomic E-state index is 12.7. The van der Waals surface area contributed by atoms with Gasteiger partial charge in [-0.1, -0.05) is 11.6 Å². The molecule has 4 rings (SSSR count). The van der Waals surface area contributed by atoms with Crippen LogP contribution in [0.15, 0.2) is 42.6 Å². The van der Waals surface area contributed by atoms with Gasteiger partial charge in [0.15, 0.2) is 0 Å². The molecule has 2 fully saturated rings. The molecule has 2 aromatic rings. The van der Waals surface area contributed by atoms with E-state index in [0.717, 1.165) is 62.9 Å². The van der Waals surface area contributed by atoms with E-state index in [-0.39, 0.29) is 11.9 Å². The van der Waals surface area contributed by atoms with E-state index < -0.39 is 11.7 Å². The molecule has 0 spiro atoms. The second-order valence-corrected chi connectivity index (χ2v) is 9.22. The highest BCUT2D eigenvalue weighted by Gasteiger charge is 2.31. The van der Waals surface area contributed by atoms with Gasteiger partial charge in [-0.15, -0.1) is 0 Å². The van der Waals surface area contributed by atoms with E-state index in [0.29, 0.717) is 25.3 Å². The SMILES string of the molecule is O=C(CCN1CCN(c2ccc(Cl)cc2)CC1)NC1CCN(c2ccc(C(F)(F)F)cn2)CC1. The lowest BCUT2D eigenvalue weighted by Crippen LogP contribution is -2.48.